The fraction of sp³-hybridized carbons (Fsp3) is 0.407. The molecule has 1 aliphatic heterocycles. The van der Waals surface area contributed by atoms with Crippen molar-refractivity contribution in [3.63, 3.8) is 0 Å². The molecule has 34 heavy (non-hydrogen) atoms. The van der Waals surface area contributed by atoms with Gasteiger partial charge < -0.3 is 4.98 Å². The molecule has 1 atom stereocenters. The second-order valence-electron chi connectivity index (χ2n) is 9.84. The predicted molar refractivity (Wildman–Crippen MR) is 132 cm³/mol. The Hall–Kier alpha value is -3.32. The van der Waals surface area contributed by atoms with E-state index in [0.717, 1.165) is 54.6 Å². The molecule has 2 aromatic carbocycles. The van der Waals surface area contributed by atoms with Crippen LogP contribution in [-0.2, 0) is 13.0 Å². The van der Waals surface area contributed by atoms with Gasteiger partial charge in [0.1, 0.15) is 6.04 Å². The van der Waals surface area contributed by atoms with Crippen molar-refractivity contribution >= 4 is 10.9 Å². The topological polar surface area (TPSA) is 79.7 Å². The van der Waals surface area contributed by atoms with Crippen LogP contribution >= 0.6 is 0 Å². The zero-order valence-electron chi connectivity index (χ0n) is 19.8. The molecule has 3 heterocycles. The molecular weight excluding hydrogens is 424 g/mol. The van der Waals surface area contributed by atoms with Crippen LogP contribution in [0.15, 0.2) is 47.3 Å². The molecule has 0 bridgehead atoms. The van der Waals surface area contributed by atoms with E-state index in [-0.39, 0.29) is 11.6 Å². The molecule has 0 spiro atoms. The monoisotopic (exact) mass is 454 g/mol. The molecule has 1 saturated carbocycles. The van der Waals surface area contributed by atoms with Gasteiger partial charge >= 0.3 is 0 Å². The number of aromatic nitrogens is 5. The van der Waals surface area contributed by atoms with Crippen LogP contribution in [0.5, 0.6) is 0 Å². The van der Waals surface area contributed by atoms with Gasteiger partial charge in [-0.05, 0) is 77.2 Å². The third-order valence-electron chi connectivity index (χ3n) is 7.83. The molecule has 174 valence electrons. The van der Waals surface area contributed by atoms with Crippen LogP contribution in [-0.4, -0.2) is 36.6 Å². The van der Waals surface area contributed by atoms with Crippen LogP contribution in [0, 0.1) is 13.8 Å². The summed E-state index contributed by atoms with van der Waals surface area (Å²) < 4.78 is 2.00. The minimum atomic E-state index is -0.307. The molecule has 1 aliphatic carbocycles. The minimum Gasteiger partial charge on any atom is -0.321 e. The molecule has 0 radical (unpaired) electrons. The van der Waals surface area contributed by atoms with Gasteiger partial charge in [-0.15, -0.1) is 5.10 Å². The summed E-state index contributed by atoms with van der Waals surface area (Å²) >= 11 is 0. The van der Waals surface area contributed by atoms with E-state index in [1.165, 1.54) is 29.5 Å². The number of rotatable bonds is 4. The van der Waals surface area contributed by atoms with Crippen LogP contribution in [0.3, 0.4) is 0 Å². The number of hydrogen-bond donors (Lipinski definition) is 1. The van der Waals surface area contributed by atoms with E-state index in [0.29, 0.717) is 11.6 Å². The van der Waals surface area contributed by atoms with Gasteiger partial charge in [-0.2, -0.15) is 0 Å². The Labute approximate surface area is 198 Å². The molecule has 1 fully saturated rings. The predicted octanol–water partition coefficient (Wildman–Crippen LogP) is 4.39. The number of nitrogens with one attached hydrogen (secondary N) is 1. The number of aromatic amines is 1. The van der Waals surface area contributed by atoms with E-state index in [1.54, 1.807) is 0 Å². The van der Waals surface area contributed by atoms with E-state index < -0.39 is 0 Å². The third kappa shape index (κ3) is 3.55. The summed E-state index contributed by atoms with van der Waals surface area (Å²) in [5, 5.41) is 14.1. The fourth-order valence-corrected chi connectivity index (χ4v) is 5.77. The first-order chi connectivity index (χ1) is 16.6. The highest BCUT2D eigenvalue weighted by Gasteiger charge is 2.34. The number of benzene rings is 2. The maximum Gasteiger partial charge on any atom is 0.253 e. The zero-order chi connectivity index (χ0) is 23.2. The number of nitrogens with zero attached hydrogens (tertiary/aromatic N) is 5. The van der Waals surface area contributed by atoms with Crippen molar-refractivity contribution in [1.29, 1.82) is 0 Å². The Morgan fingerprint density at radius 1 is 1.06 bits per heavy atom. The van der Waals surface area contributed by atoms with Gasteiger partial charge in [0.2, 0.25) is 0 Å². The van der Waals surface area contributed by atoms with Crippen LogP contribution in [0.2, 0.25) is 0 Å². The van der Waals surface area contributed by atoms with E-state index in [9.17, 15) is 4.79 Å². The first-order valence-electron chi connectivity index (χ1n) is 12.3. The number of hydrogen-bond acceptors (Lipinski definition) is 5. The molecule has 7 nitrogen and oxygen atoms in total. The van der Waals surface area contributed by atoms with Crippen molar-refractivity contribution in [2.45, 2.75) is 64.6 Å². The van der Waals surface area contributed by atoms with E-state index in [4.69, 9.17) is 0 Å². The lowest BCUT2D eigenvalue weighted by Gasteiger charge is -2.35. The second-order valence-corrected chi connectivity index (χ2v) is 9.84. The Morgan fingerprint density at radius 2 is 1.85 bits per heavy atom. The van der Waals surface area contributed by atoms with Crippen LogP contribution in [0.1, 0.15) is 71.4 Å². The fourth-order valence-electron chi connectivity index (χ4n) is 5.77. The lowest BCUT2D eigenvalue weighted by molar-refractivity contribution is 0.190. The first kappa shape index (κ1) is 21.2. The minimum absolute atomic E-state index is 0.0639. The lowest BCUT2D eigenvalue weighted by atomic mass is 9.95. The van der Waals surface area contributed by atoms with E-state index in [1.807, 2.05) is 4.68 Å². The summed E-state index contributed by atoms with van der Waals surface area (Å²) in [4.78, 5) is 19.2. The van der Waals surface area contributed by atoms with Crippen LogP contribution < -0.4 is 5.56 Å². The molecule has 6 rings (SSSR count). The summed E-state index contributed by atoms with van der Waals surface area (Å²) in [6.07, 6.45) is 5.50. The van der Waals surface area contributed by atoms with Crippen molar-refractivity contribution in [3.05, 3.63) is 86.5 Å². The summed E-state index contributed by atoms with van der Waals surface area (Å²) in [5.41, 5.74) is 6.53. The van der Waals surface area contributed by atoms with Gasteiger partial charge in [0.15, 0.2) is 5.82 Å². The zero-order valence-corrected chi connectivity index (χ0v) is 19.8. The summed E-state index contributed by atoms with van der Waals surface area (Å²) in [7, 11) is 0. The molecule has 1 unspecified atom stereocenters. The molecule has 0 saturated heterocycles. The molecule has 1 N–H and O–H groups in total. The van der Waals surface area contributed by atoms with Crippen molar-refractivity contribution in [1.82, 2.24) is 30.1 Å². The van der Waals surface area contributed by atoms with Crippen LogP contribution in [0.4, 0.5) is 0 Å². The molecule has 2 aromatic heterocycles. The van der Waals surface area contributed by atoms with Gasteiger partial charge in [-0.3, -0.25) is 9.69 Å². The Morgan fingerprint density at radius 3 is 2.68 bits per heavy atom. The van der Waals surface area contributed by atoms with Gasteiger partial charge in [0.25, 0.3) is 5.56 Å². The number of aryl methyl sites for hydroxylation is 2. The smallest absolute Gasteiger partial charge is 0.253 e. The number of H-pyrrole nitrogens is 1. The normalized spacial score (nSPS) is 17.8. The van der Waals surface area contributed by atoms with Gasteiger partial charge in [0.05, 0.1) is 11.6 Å². The lowest BCUT2D eigenvalue weighted by Crippen LogP contribution is -2.39. The number of fused-ring (bicyclic) bond motifs is 2. The first-order valence-corrected chi connectivity index (χ1v) is 12.3. The molecular formula is C27H30N6O. The van der Waals surface area contributed by atoms with Gasteiger partial charge in [-0.1, -0.05) is 49.2 Å². The van der Waals surface area contributed by atoms with Crippen LogP contribution in [0.25, 0.3) is 10.9 Å². The standard InChI is InChI=1S/C27H30N6O/c1-17-11-12-20-15-23(27(34)28-24(20)18(17)2)25(26-29-30-31-33(26)22-9-5-6-10-22)32-14-13-19-7-3-4-8-21(19)16-32/h3-4,7-8,11-12,15,22,25H,5-6,9-10,13-14,16H2,1-2H3,(H,28,34). The molecule has 7 heteroatoms. The summed E-state index contributed by atoms with van der Waals surface area (Å²) in [5.74, 6) is 0.778. The average Bonchev–Trinajstić information content (AvgIpc) is 3.55. The highest BCUT2D eigenvalue weighted by atomic mass is 16.1. The van der Waals surface area contributed by atoms with Gasteiger partial charge in [0, 0.05) is 18.7 Å². The SMILES string of the molecule is Cc1ccc2cc(C(c3nnnn3C3CCCC3)N3CCc4ccccc4C3)c(=O)[nH]c2c1C. The maximum atomic E-state index is 13.6. The highest BCUT2D eigenvalue weighted by molar-refractivity contribution is 5.83. The maximum absolute atomic E-state index is 13.6. The molecule has 2 aliphatic rings. The van der Waals surface area contributed by atoms with E-state index >= 15 is 0 Å². The Kier molecular flexibility index (Phi) is 5.29. The van der Waals surface area contributed by atoms with Gasteiger partial charge in [-0.25, -0.2) is 4.68 Å². The third-order valence-corrected chi connectivity index (χ3v) is 7.83. The Balaban J connectivity index is 1.51. The van der Waals surface area contributed by atoms with Crippen molar-refractivity contribution < 1.29 is 0 Å². The Bertz CT molecular complexity index is 1410. The molecule has 4 aromatic rings. The second kappa shape index (κ2) is 8.47. The number of tetrazole rings is 1. The van der Waals surface area contributed by atoms with E-state index in [2.05, 4.69) is 81.7 Å². The highest BCUT2D eigenvalue weighted by Crippen LogP contribution is 2.36. The summed E-state index contributed by atoms with van der Waals surface area (Å²) in [6, 6.07) is 14.9. The van der Waals surface area contributed by atoms with Crippen molar-refractivity contribution in [3.8, 4) is 0 Å². The quantitative estimate of drug-likeness (QED) is 0.495. The average molecular weight is 455 g/mol. The van der Waals surface area contributed by atoms with Crippen molar-refractivity contribution in [2.24, 2.45) is 0 Å². The number of pyridine rings is 1. The largest absolute Gasteiger partial charge is 0.321 e. The van der Waals surface area contributed by atoms with Crippen molar-refractivity contribution in [2.75, 3.05) is 6.54 Å². The summed E-state index contributed by atoms with van der Waals surface area (Å²) in [6.45, 7) is 5.75. The molecule has 0 amide bonds.